The maximum atomic E-state index is 14.0. The Balaban J connectivity index is 1.65. The molecule has 0 radical (unpaired) electrons. The predicted molar refractivity (Wildman–Crippen MR) is 129 cm³/mol. The zero-order chi connectivity index (χ0) is 22.9. The summed E-state index contributed by atoms with van der Waals surface area (Å²) in [6.07, 6.45) is 5.45. The van der Waals surface area contributed by atoms with Crippen LogP contribution in [0.25, 0.3) is 0 Å². The van der Waals surface area contributed by atoms with E-state index in [2.05, 4.69) is 5.32 Å². The van der Waals surface area contributed by atoms with Gasteiger partial charge in [-0.3, -0.25) is 9.59 Å². The third kappa shape index (κ3) is 6.97. The second kappa shape index (κ2) is 12.3. The van der Waals surface area contributed by atoms with Crippen LogP contribution in [0.5, 0.6) is 0 Å². The van der Waals surface area contributed by atoms with E-state index in [0.717, 1.165) is 31.2 Å². The minimum Gasteiger partial charge on any atom is -0.352 e. The Morgan fingerprint density at radius 1 is 1.12 bits per heavy atom. The van der Waals surface area contributed by atoms with Gasteiger partial charge in [0.15, 0.2) is 0 Å². The molecule has 7 heteroatoms. The number of hydrogen-bond donors (Lipinski definition) is 1. The summed E-state index contributed by atoms with van der Waals surface area (Å²) in [5.41, 5.74) is 1.35. The summed E-state index contributed by atoms with van der Waals surface area (Å²) in [4.78, 5) is 27.7. The van der Waals surface area contributed by atoms with Crippen molar-refractivity contribution in [1.29, 1.82) is 0 Å². The van der Waals surface area contributed by atoms with Crippen LogP contribution in [-0.4, -0.2) is 34.6 Å². The van der Waals surface area contributed by atoms with E-state index in [1.807, 2.05) is 30.3 Å². The molecule has 0 bridgehead atoms. The Bertz CT molecular complexity index is 886. The lowest BCUT2D eigenvalue weighted by Crippen LogP contribution is -2.50. The highest BCUT2D eigenvalue weighted by Crippen LogP contribution is 2.24. The third-order valence-electron chi connectivity index (χ3n) is 5.85. The maximum Gasteiger partial charge on any atom is 0.242 e. The van der Waals surface area contributed by atoms with Gasteiger partial charge in [-0.1, -0.05) is 67.3 Å². The Morgan fingerprint density at radius 2 is 1.84 bits per heavy atom. The molecular weight excluding hydrogens is 447 g/mol. The molecule has 0 heterocycles. The summed E-state index contributed by atoms with van der Waals surface area (Å²) in [5, 5.41) is 3.48. The molecule has 1 atom stereocenters. The molecule has 2 aromatic carbocycles. The number of rotatable bonds is 9. The van der Waals surface area contributed by atoms with Crippen molar-refractivity contribution in [3.8, 4) is 0 Å². The average Bonchev–Trinajstić information content (AvgIpc) is 2.80. The first-order valence-corrected chi connectivity index (χ1v) is 12.6. The topological polar surface area (TPSA) is 49.4 Å². The first-order chi connectivity index (χ1) is 15.5. The molecule has 0 saturated heterocycles. The van der Waals surface area contributed by atoms with Gasteiger partial charge < -0.3 is 10.2 Å². The summed E-state index contributed by atoms with van der Waals surface area (Å²) in [5.74, 6) is -0.225. The van der Waals surface area contributed by atoms with Crippen LogP contribution in [0.1, 0.15) is 50.2 Å². The molecule has 0 aliphatic heterocycles. The molecule has 1 saturated carbocycles. The van der Waals surface area contributed by atoms with Crippen molar-refractivity contribution in [3.05, 3.63) is 70.5 Å². The highest BCUT2D eigenvalue weighted by molar-refractivity contribution is 7.99. The summed E-state index contributed by atoms with van der Waals surface area (Å²) in [6.45, 7) is 2.12. The van der Waals surface area contributed by atoms with Crippen molar-refractivity contribution in [2.45, 2.75) is 63.4 Å². The fourth-order valence-corrected chi connectivity index (χ4v) is 5.17. The normalized spacial score (nSPS) is 15.2. The van der Waals surface area contributed by atoms with Gasteiger partial charge in [0.05, 0.1) is 5.75 Å². The molecule has 1 fully saturated rings. The molecule has 172 valence electrons. The molecule has 1 N–H and O–H groups in total. The Morgan fingerprint density at radius 3 is 2.53 bits per heavy atom. The summed E-state index contributed by atoms with van der Waals surface area (Å²) in [7, 11) is 0. The zero-order valence-corrected chi connectivity index (χ0v) is 19.9. The van der Waals surface area contributed by atoms with Gasteiger partial charge in [0.1, 0.15) is 11.9 Å². The molecule has 4 nitrogen and oxygen atoms in total. The number of halogens is 2. The average molecular weight is 477 g/mol. The van der Waals surface area contributed by atoms with E-state index in [1.165, 1.54) is 24.2 Å². The fraction of sp³-hybridized carbons (Fsp3) is 0.440. The lowest BCUT2D eigenvalue weighted by Gasteiger charge is -2.31. The van der Waals surface area contributed by atoms with Crippen LogP contribution in [0.2, 0.25) is 5.02 Å². The maximum absolute atomic E-state index is 14.0. The van der Waals surface area contributed by atoms with Crippen LogP contribution in [0.3, 0.4) is 0 Å². The molecule has 0 aromatic heterocycles. The van der Waals surface area contributed by atoms with Gasteiger partial charge in [-0.25, -0.2) is 4.39 Å². The fourth-order valence-electron chi connectivity index (χ4n) is 3.93. The number of carbonyl (C=O) groups excluding carboxylic acids is 2. The van der Waals surface area contributed by atoms with Gasteiger partial charge in [-0.15, -0.1) is 11.8 Å². The van der Waals surface area contributed by atoms with E-state index in [1.54, 1.807) is 24.0 Å². The second-order valence-electron chi connectivity index (χ2n) is 8.22. The van der Waals surface area contributed by atoms with Gasteiger partial charge in [-0.05, 0) is 37.5 Å². The zero-order valence-electron chi connectivity index (χ0n) is 18.4. The minimum absolute atomic E-state index is 0.122. The Labute approximate surface area is 198 Å². The van der Waals surface area contributed by atoms with Crippen LogP contribution >= 0.6 is 23.4 Å². The number of nitrogens with zero attached hydrogens (tertiary/aromatic N) is 1. The van der Waals surface area contributed by atoms with Gasteiger partial charge in [0.2, 0.25) is 11.8 Å². The first-order valence-electron chi connectivity index (χ1n) is 11.1. The summed E-state index contributed by atoms with van der Waals surface area (Å²) < 4.78 is 14.0. The number of nitrogens with one attached hydrogen (secondary N) is 1. The Hall–Kier alpha value is -2.05. The highest BCUT2D eigenvalue weighted by atomic mass is 35.5. The number of hydrogen-bond acceptors (Lipinski definition) is 3. The molecule has 1 unspecified atom stereocenters. The van der Waals surface area contributed by atoms with Crippen molar-refractivity contribution >= 4 is 35.2 Å². The van der Waals surface area contributed by atoms with Crippen molar-refractivity contribution < 1.29 is 14.0 Å². The van der Waals surface area contributed by atoms with E-state index in [-0.39, 0.29) is 29.4 Å². The third-order valence-corrected chi connectivity index (χ3v) is 7.15. The second-order valence-corrected chi connectivity index (χ2v) is 9.61. The summed E-state index contributed by atoms with van der Waals surface area (Å²) >= 11 is 7.40. The van der Waals surface area contributed by atoms with Gasteiger partial charge in [-0.2, -0.15) is 0 Å². The minimum atomic E-state index is -0.595. The van der Waals surface area contributed by atoms with Crippen LogP contribution in [0.15, 0.2) is 48.5 Å². The molecule has 0 spiro atoms. The van der Waals surface area contributed by atoms with Crippen LogP contribution < -0.4 is 5.32 Å². The van der Waals surface area contributed by atoms with Crippen molar-refractivity contribution in [2.75, 3.05) is 5.75 Å². The van der Waals surface area contributed by atoms with Crippen LogP contribution in [0.4, 0.5) is 4.39 Å². The predicted octanol–water partition coefficient (Wildman–Crippen LogP) is 5.58. The van der Waals surface area contributed by atoms with Gasteiger partial charge in [0.25, 0.3) is 0 Å². The van der Waals surface area contributed by atoms with E-state index in [0.29, 0.717) is 22.9 Å². The number of carbonyl (C=O) groups is 2. The van der Waals surface area contributed by atoms with E-state index in [4.69, 9.17) is 11.6 Å². The number of thioether (sulfide) groups is 1. The molecule has 2 aromatic rings. The van der Waals surface area contributed by atoms with Crippen LogP contribution in [-0.2, 0) is 21.9 Å². The van der Waals surface area contributed by atoms with E-state index in [9.17, 15) is 14.0 Å². The Kier molecular flexibility index (Phi) is 9.42. The molecule has 1 aliphatic carbocycles. The molecule has 32 heavy (non-hydrogen) atoms. The summed E-state index contributed by atoms with van der Waals surface area (Å²) in [6, 6.07) is 13.8. The van der Waals surface area contributed by atoms with Crippen molar-refractivity contribution in [1.82, 2.24) is 10.2 Å². The smallest absolute Gasteiger partial charge is 0.242 e. The van der Waals surface area contributed by atoms with Crippen molar-refractivity contribution in [3.63, 3.8) is 0 Å². The first kappa shape index (κ1) is 24.6. The lowest BCUT2D eigenvalue weighted by atomic mass is 9.95. The lowest BCUT2D eigenvalue weighted by molar-refractivity contribution is -0.139. The van der Waals surface area contributed by atoms with Gasteiger partial charge in [0, 0.05) is 28.9 Å². The molecular formula is C25H30ClFN2O2S. The number of amides is 2. The van der Waals surface area contributed by atoms with E-state index >= 15 is 0 Å². The quantitative estimate of drug-likeness (QED) is 0.514. The molecule has 1 aliphatic rings. The van der Waals surface area contributed by atoms with E-state index < -0.39 is 6.04 Å². The standard InChI is InChI=1S/C25H30ClFN2O2S/c1-18(25(31)28-20-11-6-3-7-12-20)29(15-19-9-4-2-5-10-19)24(30)17-32-16-21-22(26)13-8-14-23(21)27/h2,4-5,8-10,13-14,18,20H,3,6-7,11-12,15-17H2,1H3,(H,28,31). The number of benzene rings is 2. The van der Waals surface area contributed by atoms with Gasteiger partial charge >= 0.3 is 0 Å². The monoisotopic (exact) mass is 476 g/mol. The SMILES string of the molecule is CC(C(=O)NC1CCCCC1)N(Cc1ccccc1)C(=O)CSCc1c(F)cccc1Cl. The van der Waals surface area contributed by atoms with Crippen molar-refractivity contribution in [2.24, 2.45) is 0 Å². The highest BCUT2D eigenvalue weighted by Gasteiger charge is 2.28. The largest absolute Gasteiger partial charge is 0.352 e. The van der Waals surface area contributed by atoms with Crippen LogP contribution in [0, 0.1) is 5.82 Å². The molecule has 3 rings (SSSR count). The molecule has 2 amide bonds.